The molecule has 1 unspecified atom stereocenters. The minimum absolute atomic E-state index is 0.0790. The zero-order valence-corrected chi connectivity index (χ0v) is 14.9. The predicted octanol–water partition coefficient (Wildman–Crippen LogP) is 2.12. The number of rotatable bonds is 6. The van der Waals surface area contributed by atoms with Gasteiger partial charge < -0.3 is 15.7 Å². The van der Waals surface area contributed by atoms with Crippen LogP contribution in [-0.2, 0) is 9.59 Å². The lowest BCUT2D eigenvalue weighted by molar-refractivity contribution is -0.141. The number of aliphatic carboxylic acids is 1. The van der Waals surface area contributed by atoms with Crippen molar-refractivity contribution >= 4 is 17.8 Å². The van der Waals surface area contributed by atoms with E-state index >= 15 is 0 Å². The van der Waals surface area contributed by atoms with Crippen LogP contribution in [0, 0.1) is 18.8 Å². The Morgan fingerprint density at radius 3 is 2.40 bits per heavy atom. The summed E-state index contributed by atoms with van der Waals surface area (Å²) in [5.74, 6) is -1.83. The van der Waals surface area contributed by atoms with Gasteiger partial charge in [-0.25, -0.2) is 0 Å². The molecule has 0 saturated heterocycles. The largest absolute Gasteiger partial charge is 0.481 e. The van der Waals surface area contributed by atoms with Gasteiger partial charge in [0.1, 0.15) is 6.04 Å². The molecule has 1 aromatic rings. The van der Waals surface area contributed by atoms with Crippen molar-refractivity contribution in [2.75, 3.05) is 0 Å². The summed E-state index contributed by atoms with van der Waals surface area (Å²) in [6.45, 7) is 5.60. The third-order valence-corrected chi connectivity index (χ3v) is 4.75. The summed E-state index contributed by atoms with van der Waals surface area (Å²) in [6, 6.07) is 6.42. The van der Waals surface area contributed by atoms with Gasteiger partial charge in [0.15, 0.2) is 0 Å². The number of carbonyl (C=O) groups excluding carboxylic acids is 2. The fourth-order valence-electron chi connectivity index (χ4n) is 3.21. The van der Waals surface area contributed by atoms with Crippen LogP contribution < -0.4 is 10.6 Å². The molecule has 6 nitrogen and oxygen atoms in total. The van der Waals surface area contributed by atoms with Crippen molar-refractivity contribution < 1.29 is 19.5 Å². The van der Waals surface area contributed by atoms with Gasteiger partial charge in [-0.3, -0.25) is 14.4 Å². The highest BCUT2D eigenvalue weighted by molar-refractivity contribution is 5.98. The van der Waals surface area contributed by atoms with Crippen molar-refractivity contribution in [1.29, 1.82) is 0 Å². The van der Waals surface area contributed by atoms with Crippen LogP contribution in [0.4, 0.5) is 0 Å². The number of carbonyl (C=O) groups is 3. The third-order valence-electron chi connectivity index (χ3n) is 4.75. The first-order valence-electron chi connectivity index (χ1n) is 8.69. The van der Waals surface area contributed by atoms with E-state index < -0.39 is 17.9 Å². The van der Waals surface area contributed by atoms with Gasteiger partial charge >= 0.3 is 5.97 Å². The number of carboxylic acids is 1. The van der Waals surface area contributed by atoms with E-state index in [9.17, 15) is 14.4 Å². The first kappa shape index (κ1) is 19.0. The van der Waals surface area contributed by atoms with Crippen molar-refractivity contribution in [3.63, 3.8) is 0 Å². The third kappa shape index (κ3) is 4.81. The highest BCUT2D eigenvalue weighted by Crippen LogP contribution is 2.25. The number of amides is 2. The molecule has 0 radical (unpaired) electrons. The zero-order chi connectivity index (χ0) is 18.6. The van der Waals surface area contributed by atoms with Crippen LogP contribution in [-0.4, -0.2) is 35.0 Å². The van der Waals surface area contributed by atoms with Crippen LogP contribution in [0.3, 0.4) is 0 Å². The van der Waals surface area contributed by atoms with Crippen LogP contribution in [0.1, 0.15) is 49.0 Å². The average molecular weight is 346 g/mol. The topological polar surface area (TPSA) is 95.5 Å². The summed E-state index contributed by atoms with van der Waals surface area (Å²) in [6.07, 6.45) is 1.67. The molecule has 0 spiro atoms. The molecule has 1 aliphatic rings. The van der Waals surface area contributed by atoms with Crippen molar-refractivity contribution in [3.8, 4) is 0 Å². The molecule has 1 saturated carbocycles. The fourth-order valence-corrected chi connectivity index (χ4v) is 3.21. The number of hydrogen-bond donors (Lipinski definition) is 3. The van der Waals surface area contributed by atoms with Gasteiger partial charge in [-0.05, 0) is 43.7 Å². The summed E-state index contributed by atoms with van der Waals surface area (Å²) in [5.41, 5.74) is 1.40. The van der Waals surface area contributed by atoms with Gasteiger partial charge in [0.2, 0.25) is 5.91 Å². The maximum atomic E-state index is 12.6. The molecule has 3 atom stereocenters. The first-order valence-corrected chi connectivity index (χ1v) is 8.69. The average Bonchev–Trinajstić information content (AvgIpc) is 3.01. The van der Waals surface area contributed by atoms with Crippen LogP contribution in [0.25, 0.3) is 0 Å². The van der Waals surface area contributed by atoms with E-state index in [0.717, 1.165) is 5.56 Å². The molecule has 1 aliphatic carbocycles. The minimum atomic E-state index is -0.815. The molecule has 0 bridgehead atoms. The SMILES string of the molecule is Cc1ccccc1C(=O)NC(C(=O)N[C@H]1CC[C@@H](C(=O)O)C1)C(C)C. The smallest absolute Gasteiger partial charge is 0.306 e. The van der Waals surface area contributed by atoms with Gasteiger partial charge in [-0.1, -0.05) is 32.0 Å². The Balaban J connectivity index is 2.00. The fraction of sp³-hybridized carbons (Fsp3) is 0.526. The summed E-state index contributed by atoms with van der Waals surface area (Å²) in [7, 11) is 0. The van der Waals surface area contributed by atoms with Gasteiger partial charge in [0.25, 0.3) is 5.91 Å². The van der Waals surface area contributed by atoms with Crippen LogP contribution in [0.15, 0.2) is 24.3 Å². The molecule has 136 valence electrons. The van der Waals surface area contributed by atoms with Crippen molar-refractivity contribution in [2.45, 2.75) is 52.1 Å². The number of aryl methyl sites for hydroxylation is 1. The quantitative estimate of drug-likeness (QED) is 0.735. The zero-order valence-electron chi connectivity index (χ0n) is 14.9. The first-order chi connectivity index (χ1) is 11.8. The van der Waals surface area contributed by atoms with Crippen molar-refractivity contribution in [1.82, 2.24) is 10.6 Å². The second-order valence-electron chi connectivity index (χ2n) is 7.06. The van der Waals surface area contributed by atoms with E-state index in [4.69, 9.17) is 5.11 Å². The van der Waals surface area contributed by atoms with Crippen molar-refractivity contribution in [3.05, 3.63) is 35.4 Å². The molecule has 25 heavy (non-hydrogen) atoms. The minimum Gasteiger partial charge on any atom is -0.481 e. The maximum Gasteiger partial charge on any atom is 0.306 e. The Morgan fingerprint density at radius 1 is 1.16 bits per heavy atom. The number of benzene rings is 1. The van der Waals surface area contributed by atoms with Gasteiger partial charge in [0, 0.05) is 11.6 Å². The Bertz CT molecular complexity index is 657. The van der Waals surface area contributed by atoms with E-state index in [1.54, 1.807) is 12.1 Å². The second kappa shape index (κ2) is 8.14. The highest BCUT2D eigenvalue weighted by Gasteiger charge is 2.33. The summed E-state index contributed by atoms with van der Waals surface area (Å²) < 4.78 is 0. The molecule has 3 N–H and O–H groups in total. The lowest BCUT2D eigenvalue weighted by Gasteiger charge is -2.24. The predicted molar refractivity (Wildman–Crippen MR) is 94.2 cm³/mol. The van der Waals surface area contributed by atoms with E-state index in [-0.39, 0.29) is 23.8 Å². The molecule has 1 aromatic carbocycles. The number of hydrogen-bond acceptors (Lipinski definition) is 3. The molecule has 0 heterocycles. The van der Waals surface area contributed by atoms with Gasteiger partial charge in [-0.15, -0.1) is 0 Å². The molecule has 0 aliphatic heterocycles. The van der Waals surface area contributed by atoms with Crippen LogP contribution in [0.2, 0.25) is 0 Å². The van der Waals surface area contributed by atoms with Gasteiger partial charge in [0.05, 0.1) is 5.92 Å². The highest BCUT2D eigenvalue weighted by atomic mass is 16.4. The Labute approximate surface area is 148 Å². The molecule has 2 amide bonds. The summed E-state index contributed by atoms with van der Waals surface area (Å²) in [4.78, 5) is 36.1. The lowest BCUT2D eigenvalue weighted by Crippen LogP contribution is -2.51. The molecule has 6 heteroatoms. The van der Waals surface area contributed by atoms with Gasteiger partial charge in [-0.2, -0.15) is 0 Å². The van der Waals surface area contributed by atoms with E-state index in [0.29, 0.717) is 24.8 Å². The van der Waals surface area contributed by atoms with Crippen molar-refractivity contribution in [2.24, 2.45) is 11.8 Å². The summed E-state index contributed by atoms with van der Waals surface area (Å²) >= 11 is 0. The van der Waals surface area contributed by atoms with Crippen LogP contribution in [0.5, 0.6) is 0 Å². The van der Waals surface area contributed by atoms with E-state index in [2.05, 4.69) is 10.6 Å². The lowest BCUT2D eigenvalue weighted by atomic mass is 10.0. The molecule has 1 fully saturated rings. The normalized spacial score (nSPS) is 21.0. The molecule has 0 aromatic heterocycles. The number of carboxylic acid groups (broad SMARTS) is 1. The monoisotopic (exact) mass is 346 g/mol. The number of nitrogens with one attached hydrogen (secondary N) is 2. The molecular formula is C19H26N2O4. The standard InChI is InChI=1S/C19H26N2O4/c1-11(2)16(21-17(22)15-7-5-4-6-12(15)3)18(23)20-14-9-8-13(10-14)19(24)25/h4-7,11,13-14,16H,8-10H2,1-3H3,(H,20,23)(H,21,22)(H,24,25)/t13-,14+,16?/m1/s1. The molecular weight excluding hydrogens is 320 g/mol. The van der Waals surface area contributed by atoms with Crippen LogP contribution >= 0.6 is 0 Å². The Hall–Kier alpha value is -2.37. The molecule has 2 rings (SSSR count). The maximum absolute atomic E-state index is 12.6. The summed E-state index contributed by atoms with van der Waals surface area (Å²) in [5, 5.41) is 14.8. The second-order valence-corrected chi connectivity index (χ2v) is 7.06. The Kier molecular flexibility index (Phi) is 6.17. The van der Waals surface area contributed by atoms with E-state index in [1.807, 2.05) is 32.9 Å². The van der Waals surface area contributed by atoms with E-state index in [1.165, 1.54) is 0 Å². The Morgan fingerprint density at radius 2 is 1.84 bits per heavy atom.